The molecule has 0 unspecified atom stereocenters. The van der Waals surface area contributed by atoms with E-state index in [1.807, 2.05) is 12.3 Å². The van der Waals surface area contributed by atoms with Crippen LogP contribution in [-0.4, -0.2) is 49.4 Å². The number of hydrogen-bond acceptors (Lipinski definition) is 6. The number of nitrogens with one attached hydrogen (secondary N) is 1. The number of anilines is 1. The Bertz CT molecular complexity index is 961. The van der Waals surface area contributed by atoms with Gasteiger partial charge in [-0.15, -0.1) is 16.1 Å². The average molecular weight is 404 g/mol. The molecule has 3 aromatic rings. The minimum atomic E-state index is -2.54. The first-order valence-electron chi connectivity index (χ1n) is 8.78. The zero-order valence-electron chi connectivity index (χ0n) is 15.0. The van der Waals surface area contributed by atoms with E-state index in [9.17, 15) is 13.6 Å². The minimum absolute atomic E-state index is 0.00149. The highest BCUT2D eigenvalue weighted by atomic mass is 32.1. The molecule has 1 N–H and O–H groups in total. The summed E-state index contributed by atoms with van der Waals surface area (Å²) in [6, 6.07) is 4.35. The van der Waals surface area contributed by atoms with Gasteiger partial charge in [-0.25, -0.2) is 13.8 Å². The molecule has 0 aliphatic carbocycles. The number of alkyl halides is 2. The van der Waals surface area contributed by atoms with Gasteiger partial charge in [-0.1, -0.05) is 0 Å². The second-order valence-corrected chi connectivity index (χ2v) is 7.51. The predicted molar refractivity (Wildman–Crippen MR) is 101 cm³/mol. The lowest BCUT2D eigenvalue weighted by Gasteiger charge is -2.21. The van der Waals surface area contributed by atoms with E-state index < -0.39 is 6.43 Å². The maximum absolute atomic E-state index is 13.1. The fourth-order valence-corrected chi connectivity index (χ4v) is 4.19. The summed E-state index contributed by atoms with van der Waals surface area (Å²) in [7, 11) is 0. The highest BCUT2D eigenvalue weighted by Crippen LogP contribution is 2.28. The first-order valence-corrected chi connectivity index (χ1v) is 9.66. The third-order valence-electron chi connectivity index (χ3n) is 4.70. The van der Waals surface area contributed by atoms with Crippen LogP contribution in [0.15, 0.2) is 42.2 Å². The molecule has 7 nitrogen and oxygen atoms in total. The zero-order chi connectivity index (χ0) is 19.7. The molecule has 0 aromatic carbocycles. The summed E-state index contributed by atoms with van der Waals surface area (Å²) >= 11 is 1.40. The van der Waals surface area contributed by atoms with Gasteiger partial charge in [0.1, 0.15) is 5.82 Å². The Kier molecular flexibility index (Phi) is 5.03. The Hall–Kier alpha value is -2.88. The molecular weight excluding hydrogens is 386 g/mol. The molecule has 0 saturated carbocycles. The van der Waals surface area contributed by atoms with Gasteiger partial charge in [-0.3, -0.25) is 4.79 Å². The van der Waals surface area contributed by atoms with Crippen LogP contribution in [0.4, 0.5) is 14.6 Å². The molecule has 3 aromatic heterocycles. The third kappa shape index (κ3) is 3.59. The SMILES string of the molecule is C[C@@H]1C[C@@H](Nc2cc(C(F)F)ccn2)CN1C(=O)c1ccsc1-n1nccn1. The number of halogens is 2. The highest BCUT2D eigenvalue weighted by Gasteiger charge is 2.34. The normalized spacial score (nSPS) is 19.4. The van der Waals surface area contributed by atoms with Crippen LogP contribution in [0.3, 0.4) is 0 Å². The van der Waals surface area contributed by atoms with Gasteiger partial charge in [0.05, 0.1) is 18.0 Å². The van der Waals surface area contributed by atoms with Crippen LogP contribution in [0.5, 0.6) is 0 Å². The van der Waals surface area contributed by atoms with E-state index >= 15 is 0 Å². The fraction of sp³-hybridized carbons (Fsp3) is 0.333. The molecule has 0 radical (unpaired) electrons. The van der Waals surface area contributed by atoms with E-state index in [0.29, 0.717) is 29.3 Å². The summed E-state index contributed by atoms with van der Waals surface area (Å²) in [5.74, 6) is 0.293. The van der Waals surface area contributed by atoms with Crippen molar-refractivity contribution in [1.82, 2.24) is 24.9 Å². The number of carbonyl (C=O) groups excluding carboxylic acids is 1. The number of hydrogen-bond donors (Lipinski definition) is 1. The van der Waals surface area contributed by atoms with Crippen molar-refractivity contribution in [3.05, 3.63) is 53.3 Å². The summed E-state index contributed by atoms with van der Waals surface area (Å²) in [5, 5.41) is 13.9. The van der Waals surface area contributed by atoms with Crippen LogP contribution in [-0.2, 0) is 0 Å². The number of carbonyl (C=O) groups is 1. The number of amides is 1. The smallest absolute Gasteiger partial charge is 0.264 e. The first-order chi connectivity index (χ1) is 13.5. The van der Waals surface area contributed by atoms with Crippen LogP contribution in [0.1, 0.15) is 35.7 Å². The fourth-order valence-electron chi connectivity index (χ4n) is 3.38. The highest BCUT2D eigenvalue weighted by molar-refractivity contribution is 7.12. The number of likely N-dealkylation sites (tertiary alicyclic amines) is 1. The standard InChI is InChI=1S/C18H18F2N6OS/c1-11-8-13(24-15-9-12(16(19)20)2-4-21-15)10-25(11)17(27)14-3-7-28-18(14)26-22-5-6-23-26/h2-7,9,11,13,16H,8,10H2,1H3,(H,21,24)/t11-,13-/m1/s1. The number of thiophene rings is 1. The quantitative estimate of drug-likeness (QED) is 0.706. The molecule has 4 heterocycles. The number of pyridine rings is 1. The second kappa shape index (κ2) is 7.63. The Labute approximate surface area is 164 Å². The van der Waals surface area contributed by atoms with Crippen LogP contribution in [0.2, 0.25) is 0 Å². The van der Waals surface area contributed by atoms with Crippen LogP contribution in [0, 0.1) is 0 Å². The predicted octanol–water partition coefficient (Wildman–Crippen LogP) is 3.38. The number of nitrogens with zero attached hydrogens (tertiary/aromatic N) is 5. The Morgan fingerprint density at radius 1 is 1.29 bits per heavy atom. The molecular formula is C18H18F2N6OS. The molecule has 1 saturated heterocycles. The third-order valence-corrected chi connectivity index (χ3v) is 5.58. The summed E-state index contributed by atoms with van der Waals surface area (Å²) in [6.45, 7) is 2.43. The van der Waals surface area contributed by atoms with E-state index in [-0.39, 0.29) is 23.6 Å². The molecule has 1 aliphatic rings. The second-order valence-electron chi connectivity index (χ2n) is 6.62. The van der Waals surface area contributed by atoms with Gasteiger partial charge in [-0.05, 0) is 36.9 Å². The van der Waals surface area contributed by atoms with E-state index in [1.54, 1.807) is 23.4 Å². The van der Waals surface area contributed by atoms with Crippen LogP contribution in [0.25, 0.3) is 5.00 Å². The van der Waals surface area contributed by atoms with E-state index in [0.717, 1.165) is 0 Å². The van der Waals surface area contributed by atoms with Crippen molar-refractivity contribution in [2.75, 3.05) is 11.9 Å². The van der Waals surface area contributed by atoms with Gasteiger partial charge < -0.3 is 10.2 Å². The summed E-state index contributed by atoms with van der Waals surface area (Å²) < 4.78 is 25.8. The monoisotopic (exact) mass is 404 g/mol. The van der Waals surface area contributed by atoms with Crippen molar-refractivity contribution in [2.24, 2.45) is 0 Å². The minimum Gasteiger partial charge on any atom is -0.365 e. The molecule has 0 spiro atoms. The van der Waals surface area contributed by atoms with Gasteiger partial charge >= 0.3 is 0 Å². The molecule has 1 fully saturated rings. The summed E-state index contributed by atoms with van der Waals surface area (Å²) in [6.07, 6.45) is 2.64. The van der Waals surface area contributed by atoms with Crippen molar-refractivity contribution < 1.29 is 13.6 Å². The zero-order valence-corrected chi connectivity index (χ0v) is 15.8. The van der Waals surface area contributed by atoms with E-state index in [2.05, 4.69) is 20.5 Å². The topological polar surface area (TPSA) is 75.9 Å². The molecule has 1 aliphatic heterocycles. The first kappa shape index (κ1) is 18.5. The molecule has 4 rings (SSSR count). The lowest BCUT2D eigenvalue weighted by atomic mass is 10.2. The van der Waals surface area contributed by atoms with Crippen molar-refractivity contribution in [3.8, 4) is 5.00 Å². The molecule has 10 heteroatoms. The maximum atomic E-state index is 13.1. The van der Waals surface area contributed by atoms with Crippen molar-refractivity contribution in [1.29, 1.82) is 0 Å². The molecule has 1 amide bonds. The van der Waals surface area contributed by atoms with Crippen LogP contribution >= 0.6 is 11.3 Å². The summed E-state index contributed by atoms with van der Waals surface area (Å²) in [5.41, 5.74) is 0.470. The maximum Gasteiger partial charge on any atom is 0.264 e. The molecule has 28 heavy (non-hydrogen) atoms. The van der Waals surface area contributed by atoms with Gasteiger partial charge in [0, 0.05) is 30.4 Å². The van der Waals surface area contributed by atoms with Gasteiger partial charge in [0.15, 0.2) is 5.00 Å². The van der Waals surface area contributed by atoms with E-state index in [4.69, 9.17) is 0 Å². The van der Waals surface area contributed by atoms with Gasteiger partial charge in [0.25, 0.3) is 12.3 Å². The Morgan fingerprint density at radius 3 is 2.82 bits per heavy atom. The van der Waals surface area contributed by atoms with Crippen molar-refractivity contribution >= 4 is 23.1 Å². The lowest BCUT2D eigenvalue weighted by molar-refractivity contribution is 0.0746. The average Bonchev–Trinajstić information content (AvgIpc) is 3.42. The number of rotatable bonds is 5. The summed E-state index contributed by atoms with van der Waals surface area (Å²) in [4.78, 5) is 20.4. The van der Waals surface area contributed by atoms with Crippen molar-refractivity contribution in [3.63, 3.8) is 0 Å². The Balaban J connectivity index is 1.48. The Morgan fingerprint density at radius 2 is 2.07 bits per heavy atom. The molecule has 2 atom stereocenters. The molecule has 0 bridgehead atoms. The van der Waals surface area contributed by atoms with Crippen molar-refractivity contribution in [2.45, 2.75) is 31.9 Å². The molecule has 146 valence electrons. The number of aromatic nitrogens is 4. The van der Waals surface area contributed by atoms with Crippen LogP contribution < -0.4 is 5.32 Å². The van der Waals surface area contributed by atoms with Gasteiger partial charge in [-0.2, -0.15) is 10.2 Å². The largest absolute Gasteiger partial charge is 0.365 e. The lowest BCUT2D eigenvalue weighted by Crippen LogP contribution is -2.35. The van der Waals surface area contributed by atoms with Gasteiger partial charge in [0.2, 0.25) is 0 Å². The van der Waals surface area contributed by atoms with E-state index in [1.165, 1.54) is 34.5 Å².